The SMILES string of the molecule is NC(=O)Nc1ccc(Cl)c(OCC(=O)NO)c1. The summed E-state index contributed by atoms with van der Waals surface area (Å²) < 4.78 is 5.02. The molecule has 0 fully saturated rings. The highest BCUT2D eigenvalue weighted by molar-refractivity contribution is 6.32. The van der Waals surface area contributed by atoms with Crippen molar-refractivity contribution in [1.29, 1.82) is 0 Å². The highest BCUT2D eigenvalue weighted by atomic mass is 35.5. The van der Waals surface area contributed by atoms with Crippen molar-refractivity contribution in [2.24, 2.45) is 5.73 Å². The lowest BCUT2D eigenvalue weighted by atomic mass is 10.3. The van der Waals surface area contributed by atoms with Crippen molar-refractivity contribution in [3.8, 4) is 5.75 Å². The topological polar surface area (TPSA) is 114 Å². The van der Waals surface area contributed by atoms with Crippen LogP contribution in [-0.4, -0.2) is 23.8 Å². The summed E-state index contributed by atoms with van der Waals surface area (Å²) >= 11 is 5.80. The first-order valence-electron chi connectivity index (χ1n) is 4.44. The van der Waals surface area contributed by atoms with Crippen molar-refractivity contribution < 1.29 is 19.5 Å². The van der Waals surface area contributed by atoms with E-state index in [0.717, 1.165) is 0 Å². The molecule has 0 spiro atoms. The van der Waals surface area contributed by atoms with E-state index in [1.807, 2.05) is 0 Å². The molecule has 0 saturated heterocycles. The van der Waals surface area contributed by atoms with Gasteiger partial charge in [-0.3, -0.25) is 10.0 Å². The van der Waals surface area contributed by atoms with Crippen LogP contribution in [0.25, 0.3) is 0 Å². The molecule has 5 N–H and O–H groups in total. The Morgan fingerprint density at radius 2 is 2.18 bits per heavy atom. The molecule has 0 unspecified atom stereocenters. The monoisotopic (exact) mass is 259 g/mol. The zero-order valence-electron chi connectivity index (χ0n) is 8.57. The van der Waals surface area contributed by atoms with Gasteiger partial charge in [-0.2, -0.15) is 0 Å². The third-order valence-electron chi connectivity index (χ3n) is 1.68. The lowest BCUT2D eigenvalue weighted by Crippen LogP contribution is -2.25. The number of nitrogens with two attached hydrogens (primary N) is 1. The first-order valence-corrected chi connectivity index (χ1v) is 4.82. The number of hydroxylamine groups is 1. The molecule has 0 atom stereocenters. The smallest absolute Gasteiger partial charge is 0.316 e. The third-order valence-corrected chi connectivity index (χ3v) is 1.99. The third kappa shape index (κ3) is 4.17. The number of hydrogen-bond acceptors (Lipinski definition) is 4. The summed E-state index contributed by atoms with van der Waals surface area (Å²) in [5.74, 6) is -0.546. The van der Waals surface area contributed by atoms with Crippen LogP contribution in [0.2, 0.25) is 5.02 Å². The van der Waals surface area contributed by atoms with Gasteiger partial charge in [0.15, 0.2) is 6.61 Å². The Balaban J connectivity index is 2.76. The molecule has 92 valence electrons. The maximum Gasteiger partial charge on any atom is 0.316 e. The number of primary amides is 1. The Morgan fingerprint density at radius 3 is 2.76 bits per heavy atom. The van der Waals surface area contributed by atoms with Gasteiger partial charge in [-0.05, 0) is 12.1 Å². The van der Waals surface area contributed by atoms with Crippen LogP contribution < -0.4 is 21.3 Å². The summed E-state index contributed by atoms with van der Waals surface area (Å²) in [7, 11) is 0. The van der Waals surface area contributed by atoms with Gasteiger partial charge in [0.1, 0.15) is 5.75 Å². The Bertz CT molecular complexity index is 438. The number of rotatable bonds is 4. The number of urea groups is 1. The van der Waals surface area contributed by atoms with Crippen molar-refractivity contribution in [3.63, 3.8) is 0 Å². The number of ether oxygens (including phenoxy) is 1. The average Bonchev–Trinajstić information content (AvgIpc) is 2.28. The highest BCUT2D eigenvalue weighted by Crippen LogP contribution is 2.27. The van der Waals surface area contributed by atoms with E-state index >= 15 is 0 Å². The standard InChI is InChI=1S/C9H10ClN3O4/c10-6-2-1-5(12-9(11)15)3-7(6)17-4-8(14)13-16/h1-3,16H,4H2,(H,13,14)(H3,11,12,15). The van der Waals surface area contributed by atoms with Gasteiger partial charge in [0.2, 0.25) is 0 Å². The predicted octanol–water partition coefficient (Wildman–Crippen LogP) is 0.715. The second-order valence-electron chi connectivity index (χ2n) is 2.96. The van der Waals surface area contributed by atoms with Crippen molar-refractivity contribution in [2.75, 3.05) is 11.9 Å². The van der Waals surface area contributed by atoms with Gasteiger partial charge in [0, 0.05) is 11.8 Å². The first kappa shape index (κ1) is 13.1. The lowest BCUT2D eigenvalue weighted by molar-refractivity contribution is -0.131. The number of halogens is 1. The average molecular weight is 260 g/mol. The molecule has 0 aliphatic heterocycles. The van der Waals surface area contributed by atoms with Crippen LogP contribution in [-0.2, 0) is 4.79 Å². The van der Waals surface area contributed by atoms with Gasteiger partial charge in [0.05, 0.1) is 5.02 Å². The van der Waals surface area contributed by atoms with E-state index < -0.39 is 18.5 Å². The van der Waals surface area contributed by atoms with Crippen molar-refractivity contribution in [2.45, 2.75) is 0 Å². The molecule has 0 aromatic heterocycles. The number of amides is 3. The fourth-order valence-electron chi connectivity index (χ4n) is 1.01. The van der Waals surface area contributed by atoms with Crippen LogP contribution in [0.5, 0.6) is 5.75 Å². The second kappa shape index (κ2) is 5.92. The summed E-state index contributed by atoms with van der Waals surface area (Å²) in [4.78, 5) is 21.4. The Hall–Kier alpha value is -1.99. The molecule has 0 radical (unpaired) electrons. The molecule has 3 amide bonds. The minimum Gasteiger partial charge on any atom is -0.482 e. The molecule has 17 heavy (non-hydrogen) atoms. The number of hydrogen-bond donors (Lipinski definition) is 4. The lowest BCUT2D eigenvalue weighted by Gasteiger charge is -2.09. The molecule has 0 aliphatic rings. The normalized spacial score (nSPS) is 9.53. The van der Waals surface area contributed by atoms with Crippen LogP contribution in [0.15, 0.2) is 18.2 Å². The zero-order valence-corrected chi connectivity index (χ0v) is 9.32. The van der Waals surface area contributed by atoms with E-state index in [0.29, 0.717) is 5.69 Å². The molecule has 7 nitrogen and oxygen atoms in total. The van der Waals surface area contributed by atoms with E-state index in [2.05, 4.69) is 5.32 Å². The summed E-state index contributed by atoms with van der Waals surface area (Å²) in [6.07, 6.45) is 0. The van der Waals surface area contributed by atoms with Crippen molar-refractivity contribution in [1.82, 2.24) is 5.48 Å². The molecule has 0 heterocycles. The van der Waals surface area contributed by atoms with Crippen molar-refractivity contribution in [3.05, 3.63) is 23.2 Å². The van der Waals surface area contributed by atoms with Crippen LogP contribution in [0.3, 0.4) is 0 Å². The van der Waals surface area contributed by atoms with Gasteiger partial charge >= 0.3 is 6.03 Å². The molecule has 1 aromatic carbocycles. The molecule has 1 aromatic rings. The fraction of sp³-hybridized carbons (Fsp3) is 0.111. The molecule has 0 saturated carbocycles. The first-order chi connectivity index (χ1) is 8.02. The largest absolute Gasteiger partial charge is 0.482 e. The summed E-state index contributed by atoms with van der Waals surface area (Å²) in [5.41, 5.74) is 6.72. The summed E-state index contributed by atoms with van der Waals surface area (Å²) in [6.45, 7) is -0.407. The minimum absolute atomic E-state index is 0.182. The Labute approximate surface area is 101 Å². The van der Waals surface area contributed by atoms with Gasteiger partial charge in [-0.25, -0.2) is 10.3 Å². The number of carbonyl (C=O) groups excluding carboxylic acids is 2. The summed E-state index contributed by atoms with van der Waals surface area (Å²) in [5, 5.41) is 10.8. The number of anilines is 1. The number of benzene rings is 1. The number of carbonyl (C=O) groups is 2. The predicted molar refractivity (Wildman–Crippen MR) is 60.1 cm³/mol. The molecule has 0 bridgehead atoms. The molecule has 1 rings (SSSR count). The van der Waals surface area contributed by atoms with Crippen LogP contribution >= 0.6 is 11.6 Å². The van der Waals surface area contributed by atoms with Gasteiger partial charge < -0.3 is 15.8 Å². The molecular weight excluding hydrogens is 250 g/mol. The minimum atomic E-state index is -0.730. The van der Waals surface area contributed by atoms with E-state index in [9.17, 15) is 9.59 Å². The van der Waals surface area contributed by atoms with Crippen LogP contribution in [0, 0.1) is 0 Å². The van der Waals surface area contributed by atoms with E-state index in [-0.39, 0.29) is 10.8 Å². The maximum absolute atomic E-state index is 10.7. The van der Waals surface area contributed by atoms with Crippen LogP contribution in [0.4, 0.5) is 10.5 Å². The van der Waals surface area contributed by atoms with Crippen LogP contribution in [0.1, 0.15) is 0 Å². The second-order valence-corrected chi connectivity index (χ2v) is 3.37. The van der Waals surface area contributed by atoms with Gasteiger partial charge in [0.25, 0.3) is 5.91 Å². The van der Waals surface area contributed by atoms with Crippen molar-refractivity contribution >= 4 is 29.2 Å². The fourth-order valence-corrected chi connectivity index (χ4v) is 1.18. The summed E-state index contributed by atoms with van der Waals surface area (Å²) in [6, 6.07) is 3.66. The Kier molecular flexibility index (Phi) is 4.56. The van der Waals surface area contributed by atoms with E-state index in [1.54, 1.807) is 0 Å². The van der Waals surface area contributed by atoms with Gasteiger partial charge in [-0.1, -0.05) is 11.6 Å². The molecular formula is C9H10ClN3O4. The zero-order chi connectivity index (χ0) is 12.8. The number of nitrogens with one attached hydrogen (secondary N) is 2. The quantitative estimate of drug-likeness (QED) is 0.471. The van der Waals surface area contributed by atoms with Gasteiger partial charge in [-0.15, -0.1) is 0 Å². The maximum atomic E-state index is 10.7. The molecule has 8 heteroatoms. The van der Waals surface area contributed by atoms with E-state index in [1.165, 1.54) is 23.7 Å². The van der Waals surface area contributed by atoms with E-state index in [4.69, 9.17) is 27.3 Å². The Morgan fingerprint density at radius 1 is 1.47 bits per heavy atom. The molecule has 0 aliphatic carbocycles. The highest BCUT2D eigenvalue weighted by Gasteiger charge is 2.07.